The maximum atomic E-state index is 8.47. The highest BCUT2D eigenvalue weighted by atomic mass is 15.0. The van der Waals surface area contributed by atoms with E-state index in [2.05, 4.69) is 18.3 Å². The van der Waals surface area contributed by atoms with Gasteiger partial charge in [0.2, 0.25) is 0 Å². The molecule has 0 amide bonds. The van der Waals surface area contributed by atoms with Crippen LogP contribution in [0.2, 0.25) is 0 Å². The van der Waals surface area contributed by atoms with Gasteiger partial charge >= 0.3 is 0 Å². The highest BCUT2D eigenvalue weighted by Gasteiger charge is 2.20. The fraction of sp³-hybridized carbons (Fsp3) is 0.857. The average molecular weight is 124 g/mol. The monoisotopic (exact) mass is 124 g/mol. The van der Waals surface area contributed by atoms with Crippen LogP contribution in [0.15, 0.2) is 0 Å². The Morgan fingerprint density at radius 2 is 2.44 bits per heavy atom. The third-order valence-electron chi connectivity index (χ3n) is 1.89. The Bertz CT molecular complexity index is 125. The van der Waals surface area contributed by atoms with Gasteiger partial charge in [0, 0.05) is 6.04 Å². The summed E-state index contributed by atoms with van der Waals surface area (Å²) in [6.45, 7) is 2.15. The Balaban J connectivity index is 2.31. The van der Waals surface area contributed by atoms with Crippen molar-refractivity contribution in [3.63, 3.8) is 0 Å². The standard InChI is InChI=1S/C7H12N2/c1-2-6-3-4-7(5-8)9-6/h6-7,9H,2-4H2,1H3/t6-,7+/m1/s1. The molecular formula is C7H12N2. The zero-order valence-corrected chi connectivity index (χ0v) is 5.72. The molecular weight excluding hydrogens is 112 g/mol. The fourth-order valence-electron chi connectivity index (χ4n) is 1.24. The first-order chi connectivity index (χ1) is 4.36. The van der Waals surface area contributed by atoms with E-state index in [4.69, 9.17) is 5.26 Å². The Hall–Kier alpha value is -0.550. The second-order valence-corrected chi connectivity index (χ2v) is 2.53. The van der Waals surface area contributed by atoms with Gasteiger partial charge in [-0.05, 0) is 19.3 Å². The quantitative estimate of drug-likeness (QED) is 0.567. The molecule has 1 N–H and O–H groups in total. The minimum Gasteiger partial charge on any atom is -0.299 e. The molecule has 9 heavy (non-hydrogen) atoms. The van der Waals surface area contributed by atoms with Gasteiger partial charge in [-0.1, -0.05) is 6.92 Å². The van der Waals surface area contributed by atoms with Crippen LogP contribution in [-0.4, -0.2) is 12.1 Å². The van der Waals surface area contributed by atoms with E-state index >= 15 is 0 Å². The summed E-state index contributed by atoms with van der Waals surface area (Å²) in [5.74, 6) is 0. The summed E-state index contributed by atoms with van der Waals surface area (Å²) in [4.78, 5) is 0. The fourth-order valence-corrected chi connectivity index (χ4v) is 1.24. The Kier molecular flexibility index (Phi) is 2.07. The van der Waals surface area contributed by atoms with Crippen LogP contribution in [-0.2, 0) is 0 Å². The average Bonchev–Trinajstić information content (AvgIpc) is 2.34. The van der Waals surface area contributed by atoms with E-state index in [-0.39, 0.29) is 6.04 Å². The van der Waals surface area contributed by atoms with Crippen molar-refractivity contribution in [3.8, 4) is 6.07 Å². The molecule has 0 bridgehead atoms. The van der Waals surface area contributed by atoms with Gasteiger partial charge in [0.05, 0.1) is 12.1 Å². The van der Waals surface area contributed by atoms with Crippen LogP contribution in [0.3, 0.4) is 0 Å². The molecule has 0 saturated carbocycles. The van der Waals surface area contributed by atoms with Gasteiger partial charge in [-0.15, -0.1) is 0 Å². The molecule has 1 fully saturated rings. The summed E-state index contributed by atoms with van der Waals surface area (Å²) >= 11 is 0. The molecule has 0 aliphatic carbocycles. The van der Waals surface area contributed by atoms with Crippen molar-refractivity contribution in [2.24, 2.45) is 0 Å². The summed E-state index contributed by atoms with van der Waals surface area (Å²) in [7, 11) is 0. The highest BCUT2D eigenvalue weighted by Crippen LogP contribution is 2.13. The van der Waals surface area contributed by atoms with Crippen LogP contribution < -0.4 is 5.32 Å². The SMILES string of the molecule is CC[C@@H]1CC[C@@H](C#N)N1. The molecule has 0 aromatic carbocycles. The van der Waals surface area contributed by atoms with Crippen LogP contribution in [0.1, 0.15) is 26.2 Å². The van der Waals surface area contributed by atoms with Gasteiger partial charge in [-0.2, -0.15) is 5.26 Å². The number of hydrogen-bond donors (Lipinski definition) is 1. The highest BCUT2D eigenvalue weighted by molar-refractivity contribution is 4.96. The van der Waals surface area contributed by atoms with Crippen molar-refractivity contribution in [3.05, 3.63) is 0 Å². The van der Waals surface area contributed by atoms with E-state index in [1.807, 2.05) is 0 Å². The largest absolute Gasteiger partial charge is 0.299 e. The molecule has 1 aliphatic heterocycles. The van der Waals surface area contributed by atoms with Crippen molar-refractivity contribution in [2.45, 2.75) is 38.3 Å². The normalized spacial score (nSPS) is 34.2. The summed E-state index contributed by atoms with van der Waals surface area (Å²) in [6, 6.07) is 2.96. The Labute approximate surface area is 55.9 Å². The minimum atomic E-state index is 0.134. The number of nitriles is 1. The van der Waals surface area contributed by atoms with E-state index in [9.17, 15) is 0 Å². The molecule has 1 saturated heterocycles. The number of nitrogens with zero attached hydrogens (tertiary/aromatic N) is 1. The van der Waals surface area contributed by atoms with E-state index in [0.29, 0.717) is 6.04 Å². The zero-order chi connectivity index (χ0) is 6.69. The molecule has 0 aromatic heterocycles. The molecule has 2 heteroatoms. The minimum absolute atomic E-state index is 0.134. The third-order valence-corrected chi connectivity index (χ3v) is 1.89. The maximum Gasteiger partial charge on any atom is 0.0955 e. The first-order valence-electron chi connectivity index (χ1n) is 3.52. The maximum absolute atomic E-state index is 8.47. The van der Waals surface area contributed by atoms with E-state index in [1.165, 1.54) is 6.42 Å². The summed E-state index contributed by atoms with van der Waals surface area (Å²) in [5, 5.41) is 11.7. The van der Waals surface area contributed by atoms with Crippen molar-refractivity contribution >= 4 is 0 Å². The topological polar surface area (TPSA) is 35.8 Å². The van der Waals surface area contributed by atoms with E-state index in [1.54, 1.807) is 0 Å². The number of rotatable bonds is 1. The lowest BCUT2D eigenvalue weighted by Crippen LogP contribution is -2.27. The lowest BCUT2D eigenvalue weighted by molar-refractivity contribution is 0.568. The van der Waals surface area contributed by atoms with Crippen LogP contribution in [0.4, 0.5) is 0 Å². The van der Waals surface area contributed by atoms with Crippen molar-refractivity contribution in [1.29, 1.82) is 5.26 Å². The van der Waals surface area contributed by atoms with Gasteiger partial charge in [0.1, 0.15) is 0 Å². The molecule has 2 atom stereocenters. The van der Waals surface area contributed by atoms with Crippen molar-refractivity contribution in [1.82, 2.24) is 5.32 Å². The lowest BCUT2D eigenvalue weighted by Gasteiger charge is -2.04. The molecule has 1 rings (SSSR count). The number of nitrogens with one attached hydrogen (secondary N) is 1. The van der Waals surface area contributed by atoms with Crippen LogP contribution in [0.25, 0.3) is 0 Å². The van der Waals surface area contributed by atoms with E-state index in [0.717, 1.165) is 12.8 Å². The Morgan fingerprint density at radius 1 is 1.67 bits per heavy atom. The molecule has 0 unspecified atom stereocenters. The van der Waals surface area contributed by atoms with Gasteiger partial charge in [0.15, 0.2) is 0 Å². The Morgan fingerprint density at radius 3 is 2.78 bits per heavy atom. The van der Waals surface area contributed by atoms with Crippen LogP contribution in [0.5, 0.6) is 0 Å². The second kappa shape index (κ2) is 2.84. The van der Waals surface area contributed by atoms with Crippen molar-refractivity contribution < 1.29 is 0 Å². The molecule has 0 spiro atoms. The molecule has 50 valence electrons. The molecule has 1 heterocycles. The second-order valence-electron chi connectivity index (χ2n) is 2.53. The summed E-state index contributed by atoms with van der Waals surface area (Å²) < 4.78 is 0. The zero-order valence-electron chi connectivity index (χ0n) is 5.72. The predicted molar refractivity (Wildman–Crippen MR) is 35.8 cm³/mol. The van der Waals surface area contributed by atoms with Gasteiger partial charge in [0.25, 0.3) is 0 Å². The van der Waals surface area contributed by atoms with Crippen molar-refractivity contribution in [2.75, 3.05) is 0 Å². The predicted octanol–water partition coefficient (Wildman–Crippen LogP) is 1.04. The van der Waals surface area contributed by atoms with Gasteiger partial charge < -0.3 is 0 Å². The first-order valence-corrected chi connectivity index (χ1v) is 3.52. The molecule has 1 aliphatic rings. The molecule has 0 aromatic rings. The smallest absolute Gasteiger partial charge is 0.0955 e. The first kappa shape index (κ1) is 6.57. The lowest BCUT2D eigenvalue weighted by atomic mass is 10.2. The summed E-state index contributed by atoms with van der Waals surface area (Å²) in [5.41, 5.74) is 0. The number of hydrogen-bond acceptors (Lipinski definition) is 2. The van der Waals surface area contributed by atoms with Gasteiger partial charge in [-0.3, -0.25) is 5.32 Å². The van der Waals surface area contributed by atoms with Crippen LogP contribution in [0, 0.1) is 11.3 Å². The molecule has 2 nitrogen and oxygen atoms in total. The molecule has 0 radical (unpaired) electrons. The summed E-state index contributed by atoms with van der Waals surface area (Å²) in [6.07, 6.45) is 3.36. The van der Waals surface area contributed by atoms with Crippen LogP contribution >= 0.6 is 0 Å². The third kappa shape index (κ3) is 1.43. The van der Waals surface area contributed by atoms with Gasteiger partial charge in [-0.25, -0.2) is 0 Å². The van der Waals surface area contributed by atoms with E-state index < -0.39 is 0 Å².